The zero-order valence-corrected chi connectivity index (χ0v) is 30.6. The molecule has 1 aromatic rings. The fourth-order valence-electron chi connectivity index (χ4n) is 11.7. The average molecular weight is 668 g/mol. The van der Waals surface area contributed by atoms with E-state index in [1.165, 1.54) is 24.8 Å². The number of hydrogen-bond acceptors (Lipinski definition) is 5. The number of hydrogen-bond donors (Lipinski definition) is 2. The van der Waals surface area contributed by atoms with Crippen molar-refractivity contribution in [2.24, 2.45) is 45.3 Å². The highest BCUT2D eigenvalue weighted by Gasteiger charge is 2.67. The Hall–Kier alpha value is -1.99. The summed E-state index contributed by atoms with van der Waals surface area (Å²) in [5, 5.41) is 21.7. The minimum absolute atomic E-state index is 0.0687. The quantitative estimate of drug-likeness (QED) is 0.258. The van der Waals surface area contributed by atoms with Gasteiger partial charge in [0.25, 0.3) is 0 Å². The van der Waals surface area contributed by atoms with Gasteiger partial charge in [0.15, 0.2) is 11.6 Å². The topological polar surface area (TPSA) is 104 Å². The van der Waals surface area contributed by atoms with E-state index in [-0.39, 0.29) is 45.4 Å². The highest BCUT2D eigenvalue weighted by molar-refractivity contribution is 6.30. The van der Waals surface area contributed by atoms with Crippen LogP contribution in [0.15, 0.2) is 23.5 Å². The Morgan fingerprint density at radius 1 is 0.979 bits per heavy atom. The Kier molecular flexibility index (Phi) is 8.98. The molecule has 2 N–H and O–H groups in total. The normalized spacial score (nSPS) is 36.6. The van der Waals surface area contributed by atoms with E-state index in [0.717, 1.165) is 44.1 Å². The summed E-state index contributed by atoms with van der Waals surface area (Å²) in [7, 11) is 0. The van der Waals surface area contributed by atoms with E-state index in [1.54, 1.807) is 17.3 Å². The number of Topliss-reactive ketones (excluding diaryl/α,β-unsaturated/α-hetero) is 1. The maximum atomic E-state index is 14.0. The summed E-state index contributed by atoms with van der Waals surface area (Å²) in [5.41, 5.74) is 1.85. The van der Waals surface area contributed by atoms with E-state index in [2.05, 4.69) is 58.4 Å². The monoisotopic (exact) mass is 667 g/mol. The Morgan fingerprint density at radius 3 is 2.26 bits per heavy atom. The number of rotatable bonds is 10. The lowest BCUT2D eigenvalue weighted by atomic mass is 9.36. The zero-order valence-electron chi connectivity index (χ0n) is 29.9. The second-order valence-electron chi connectivity index (χ2n) is 17.7. The Bertz CT molecular complexity index is 1420. The van der Waals surface area contributed by atoms with Gasteiger partial charge in [-0.1, -0.05) is 72.1 Å². The molecule has 1 amide bonds. The van der Waals surface area contributed by atoms with Crippen molar-refractivity contribution in [2.75, 3.05) is 6.54 Å². The van der Waals surface area contributed by atoms with Crippen LogP contribution >= 0.6 is 11.6 Å². The second-order valence-corrected chi connectivity index (χ2v) is 18.1. The molecule has 4 saturated carbocycles. The van der Waals surface area contributed by atoms with E-state index in [0.29, 0.717) is 54.9 Å². The predicted octanol–water partition coefficient (Wildman–Crippen LogP) is 9.22. The molecule has 4 fully saturated rings. The number of carboxylic acid groups (broad SMARTS) is 1. The summed E-state index contributed by atoms with van der Waals surface area (Å²) in [6.07, 6.45) is 14.3. The molecule has 0 radical (unpaired) electrons. The van der Waals surface area contributed by atoms with Crippen LogP contribution in [0.2, 0.25) is 5.02 Å². The predicted molar refractivity (Wildman–Crippen MR) is 185 cm³/mol. The smallest absolute Gasteiger partial charge is 0.408 e. The van der Waals surface area contributed by atoms with Crippen LogP contribution in [0.1, 0.15) is 138 Å². The Morgan fingerprint density at radius 2 is 1.66 bits per heavy atom. The van der Waals surface area contributed by atoms with Crippen LogP contribution in [0.25, 0.3) is 0 Å². The number of allylic oxidation sites excluding steroid dienone is 2. The molecule has 5 aliphatic carbocycles. The number of carbonyl (C=O) groups excluding carboxylic acids is 1. The molecule has 47 heavy (non-hydrogen) atoms. The summed E-state index contributed by atoms with van der Waals surface area (Å²) in [6.45, 7) is 16.6. The van der Waals surface area contributed by atoms with Gasteiger partial charge in [0.1, 0.15) is 5.54 Å². The third-order valence-corrected chi connectivity index (χ3v) is 14.9. The summed E-state index contributed by atoms with van der Waals surface area (Å²) < 4.78 is 0. The molecular weight excluding hydrogens is 610 g/mol. The van der Waals surface area contributed by atoms with E-state index in [1.807, 2.05) is 0 Å². The van der Waals surface area contributed by atoms with Crippen molar-refractivity contribution in [3.05, 3.63) is 34.4 Å². The lowest BCUT2D eigenvalue weighted by molar-refractivity contribution is -0.171. The van der Waals surface area contributed by atoms with Gasteiger partial charge in [0.2, 0.25) is 0 Å². The minimum atomic E-state index is -0.950. The van der Waals surface area contributed by atoms with Crippen LogP contribution in [-0.4, -0.2) is 49.6 Å². The maximum Gasteiger partial charge on any atom is 0.408 e. The van der Waals surface area contributed by atoms with E-state index in [4.69, 9.17) is 11.6 Å². The second kappa shape index (κ2) is 12.1. The zero-order chi connectivity index (χ0) is 34.2. The van der Waals surface area contributed by atoms with Gasteiger partial charge in [0, 0.05) is 30.8 Å². The van der Waals surface area contributed by atoms with E-state index < -0.39 is 11.6 Å². The van der Waals surface area contributed by atoms with Gasteiger partial charge in [-0.05, 0) is 116 Å². The molecule has 8 heteroatoms. The highest BCUT2D eigenvalue weighted by Crippen LogP contribution is 2.74. The third-order valence-electron chi connectivity index (χ3n) is 14.7. The van der Waals surface area contributed by atoms with Gasteiger partial charge in [0.05, 0.1) is 11.1 Å². The molecule has 1 heterocycles. The molecule has 6 rings (SSSR count). The molecule has 0 aromatic carbocycles. The van der Waals surface area contributed by atoms with Crippen molar-refractivity contribution in [1.29, 1.82) is 0 Å². The fraction of sp³-hybridized carbons (Fsp3) is 0.795. The molecule has 0 aliphatic heterocycles. The number of nitrogens with zero attached hydrogens (tertiary/aromatic N) is 3. The lowest BCUT2D eigenvalue weighted by Gasteiger charge is -2.68. The van der Waals surface area contributed by atoms with Crippen LogP contribution in [0.3, 0.4) is 0 Å². The van der Waals surface area contributed by atoms with E-state index >= 15 is 0 Å². The van der Waals surface area contributed by atoms with Crippen molar-refractivity contribution >= 4 is 23.5 Å². The number of fused-ring (bicyclic) bond motifs is 5. The summed E-state index contributed by atoms with van der Waals surface area (Å²) >= 11 is 6.07. The molecular formula is C39H58ClN3O4. The van der Waals surface area contributed by atoms with Crippen LogP contribution in [0.4, 0.5) is 4.79 Å². The molecule has 0 bridgehead atoms. The van der Waals surface area contributed by atoms with Crippen molar-refractivity contribution in [1.82, 2.24) is 14.9 Å². The summed E-state index contributed by atoms with van der Waals surface area (Å²) in [5.74, 6) is 2.15. The fourth-order valence-corrected chi connectivity index (χ4v) is 11.8. The minimum Gasteiger partial charge on any atom is -0.465 e. The average Bonchev–Trinajstić information content (AvgIpc) is 3.73. The molecule has 5 aliphatic rings. The number of aromatic nitrogens is 2. The first-order valence-corrected chi connectivity index (χ1v) is 18.9. The van der Waals surface area contributed by atoms with Crippen LogP contribution < -0.4 is 0 Å². The molecule has 7 unspecified atom stereocenters. The highest BCUT2D eigenvalue weighted by atomic mass is 35.5. The van der Waals surface area contributed by atoms with Crippen LogP contribution in [-0.2, 0) is 10.3 Å². The Labute approximate surface area is 287 Å². The van der Waals surface area contributed by atoms with Gasteiger partial charge in [-0.2, -0.15) is 0 Å². The standard InChI is InChI=1S/C39H58ClN3O4/c1-24(2)28(44)11-14-35(5)12-8-13-37(7)30(35)10-9-27-32-31(25(3)4)29(45)21-38(32,16-15-36(27,37)6)19-20-43(34(46)47)39(17-18-39)33-41-22-26(40)23-42-33/h22-25,27-28,30,44H,8-21H2,1-7H3,(H,46,47). The van der Waals surface area contributed by atoms with Crippen LogP contribution in [0.5, 0.6) is 0 Å². The molecule has 1 aromatic heterocycles. The van der Waals surface area contributed by atoms with Crippen molar-refractivity contribution in [3.8, 4) is 0 Å². The van der Waals surface area contributed by atoms with Gasteiger partial charge in [-0.25, -0.2) is 14.8 Å². The summed E-state index contributed by atoms with van der Waals surface area (Å²) in [6, 6.07) is 0. The van der Waals surface area contributed by atoms with Gasteiger partial charge < -0.3 is 10.2 Å². The first kappa shape index (κ1) is 34.9. The SMILES string of the molecule is CC(C)C1=C2C3CCC4C(C)(CCC(O)C(C)C)CCCC4(C)C3(C)CCC2(CCN(C(=O)O)C2(c3ncc(Cl)cn3)CC2)CC1=O. The number of aliphatic hydroxyl groups excluding tert-OH is 1. The molecule has 0 saturated heterocycles. The molecule has 0 spiro atoms. The lowest BCUT2D eigenvalue weighted by Crippen LogP contribution is -2.60. The van der Waals surface area contributed by atoms with E-state index in [9.17, 15) is 19.8 Å². The van der Waals surface area contributed by atoms with Crippen LogP contribution in [0, 0.1) is 45.3 Å². The number of aliphatic hydroxyl groups is 1. The van der Waals surface area contributed by atoms with Gasteiger partial charge in [-0.15, -0.1) is 0 Å². The first-order chi connectivity index (χ1) is 22.0. The molecule has 7 atom stereocenters. The van der Waals surface area contributed by atoms with Crippen molar-refractivity contribution in [3.63, 3.8) is 0 Å². The number of amides is 1. The molecule has 7 nitrogen and oxygen atoms in total. The van der Waals surface area contributed by atoms with Gasteiger partial charge in [-0.3, -0.25) is 9.69 Å². The first-order valence-electron chi connectivity index (χ1n) is 18.5. The van der Waals surface area contributed by atoms with Crippen molar-refractivity contribution < 1.29 is 19.8 Å². The number of ketones is 1. The largest absolute Gasteiger partial charge is 0.465 e. The van der Waals surface area contributed by atoms with Gasteiger partial charge >= 0.3 is 6.09 Å². The number of halogens is 1. The third kappa shape index (κ3) is 5.48. The molecule has 260 valence electrons. The maximum absolute atomic E-state index is 14.0. The number of carbonyl (C=O) groups is 2. The summed E-state index contributed by atoms with van der Waals surface area (Å²) in [4.78, 5) is 37.4. The Balaban J connectivity index is 1.32. The van der Waals surface area contributed by atoms with Crippen molar-refractivity contribution in [2.45, 2.75) is 144 Å².